The maximum atomic E-state index is 10.7. The number of carboxylic acid groups (broad SMARTS) is 1. The van der Waals surface area contributed by atoms with Crippen LogP contribution in [0.5, 0.6) is 0 Å². The second-order valence-corrected chi connectivity index (χ2v) is 3.82. The van der Waals surface area contributed by atoms with E-state index in [0.717, 1.165) is 5.01 Å². The predicted molar refractivity (Wildman–Crippen MR) is 46.0 cm³/mol. The van der Waals surface area contributed by atoms with Gasteiger partial charge in [0.25, 0.3) is 0 Å². The van der Waals surface area contributed by atoms with Crippen molar-refractivity contribution in [2.45, 2.75) is 19.4 Å². The number of hydrogen-bond donors (Lipinski definition) is 2. The number of thiazole rings is 1. The summed E-state index contributed by atoms with van der Waals surface area (Å²) < 4.78 is 0. The smallest absolute Gasteiger partial charge is 0.329 e. The molecule has 1 atom stereocenters. The lowest BCUT2D eigenvalue weighted by molar-refractivity contribution is -0.143. The lowest BCUT2D eigenvalue weighted by Gasteiger charge is -2.15. The van der Waals surface area contributed by atoms with Crippen LogP contribution in [0.2, 0.25) is 0 Å². The quantitative estimate of drug-likeness (QED) is 0.713. The summed E-state index contributed by atoms with van der Waals surface area (Å²) in [6.45, 7) is 3.25. The zero-order chi connectivity index (χ0) is 9.35. The van der Waals surface area contributed by atoms with Crippen molar-refractivity contribution >= 4 is 17.3 Å². The molecule has 0 radical (unpaired) electrons. The second kappa shape index (κ2) is 2.84. The van der Waals surface area contributed by atoms with Crippen LogP contribution in [-0.4, -0.2) is 16.1 Å². The molecule has 5 heteroatoms. The van der Waals surface area contributed by atoms with Crippen LogP contribution in [0, 0.1) is 6.92 Å². The Morgan fingerprint density at radius 2 is 2.42 bits per heavy atom. The fourth-order valence-corrected chi connectivity index (χ4v) is 1.44. The normalized spacial score (nSPS) is 15.6. The summed E-state index contributed by atoms with van der Waals surface area (Å²) in [6.07, 6.45) is 0. The van der Waals surface area contributed by atoms with E-state index in [4.69, 9.17) is 10.8 Å². The van der Waals surface area contributed by atoms with Crippen molar-refractivity contribution in [1.82, 2.24) is 4.98 Å². The van der Waals surface area contributed by atoms with Crippen LogP contribution in [0.25, 0.3) is 0 Å². The third-order valence-corrected chi connectivity index (χ3v) is 2.37. The number of nitrogens with zero attached hydrogens (tertiary/aromatic N) is 1. The fraction of sp³-hybridized carbons (Fsp3) is 0.429. The number of carbonyl (C=O) groups is 1. The van der Waals surface area contributed by atoms with Crippen molar-refractivity contribution in [3.05, 3.63) is 16.1 Å². The molecule has 0 aromatic carbocycles. The van der Waals surface area contributed by atoms with Crippen molar-refractivity contribution in [3.8, 4) is 0 Å². The van der Waals surface area contributed by atoms with Crippen LogP contribution in [0.3, 0.4) is 0 Å². The van der Waals surface area contributed by atoms with E-state index in [2.05, 4.69) is 4.98 Å². The molecule has 1 heterocycles. The molecule has 0 aliphatic rings. The molecule has 0 saturated heterocycles. The van der Waals surface area contributed by atoms with Crippen molar-refractivity contribution in [1.29, 1.82) is 0 Å². The SMILES string of the molecule is Cc1nc([C@](C)(N)C(=O)O)cs1. The minimum absolute atomic E-state index is 0.414. The highest BCUT2D eigenvalue weighted by atomic mass is 32.1. The Bertz CT molecular complexity index is 306. The van der Waals surface area contributed by atoms with E-state index >= 15 is 0 Å². The van der Waals surface area contributed by atoms with E-state index in [9.17, 15) is 4.79 Å². The minimum atomic E-state index is -1.37. The number of aliphatic carboxylic acids is 1. The van der Waals surface area contributed by atoms with Gasteiger partial charge in [0.15, 0.2) is 5.54 Å². The molecular formula is C7H10N2O2S. The Kier molecular flexibility index (Phi) is 2.16. The third-order valence-electron chi connectivity index (χ3n) is 1.60. The van der Waals surface area contributed by atoms with E-state index in [0.29, 0.717) is 5.69 Å². The maximum absolute atomic E-state index is 10.7. The largest absolute Gasteiger partial charge is 0.480 e. The predicted octanol–water partition coefficient (Wildman–Crippen LogP) is 0.710. The number of aryl methyl sites for hydroxylation is 1. The first-order valence-corrected chi connectivity index (χ1v) is 4.27. The van der Waals surface area contributed by atoms with Crippen molar-refractivity contribution in [2.24, 2.45) is 5.73 Å². The van der Waals surface area contributed by atoms with E-state index in [1.54, 1.807) is 5.38 Å². The van der Waals surface area contributed by atoms with E-state index in [1.165, 1.54) is 18.3 Å². The van der Waals surface area contributed by atoms with Gasteiger partial charge in [0.05, 0.1) is 10.7 Å². The Morgan fingerprint density at radius 3 is 2.75 bits per heavy atom. The number of carboxylic acids is 1. The standard InChI is InChI=1S/C7H10N2O2S/c1-4-9-5(3-12-4)7(2,8)6(10)11/h3H,8H2,1-2H3,(H,10,11)/t7-/m0/s1. The van der Waals surface area contributed by atoms with Gasteiger partial charge < -0.3 is 10.8 Å². The van der Waals surface area contributed by atoms with Crippen LogP contribution < -0.4 is 5.73 Å². The summed E-state index contributed by atoms with van der Waals surface area (Å²) in [5.74, 6) is -1.06. The molecule has 1 aromatic heterocycles. The summed E-state index contributed by atoms with van der Waals surface area (Å²) in [5.41, 5.74) is 4.58. The Hall–Kier alpha value is -0.940. The third kappa shape index (κ3) is 1.46. The highest BCUT2D eigenvalue weighted by Crippen LogP contribution is 2.19. The molecule has 12 heavy (non-hydrogen) atoms. The molecular weight excluding hydrogens is 176 g/mol. The fourth-order valence-electron chi connectivity index (χ4n) is 0.712. The monoisotopic (exact) mass is 186 g/mol. The molecule has 0 unspecified atom stereocenters. The molecule has 0 spiro atoms. The summed E-state index contributed by atoms with van der Waals surface area (Å²) in [6, 6.07) is 0. The number of nitrogens with two attached hydrogens (primary N) is 1. The van der Waals surface area contributed by atoms with Crippen molar-refractivity contribution in [2.75, 3.05) is 0 Å². The van der Waals surface area contributed by atoms with Crippen LogP contribution in [0.4, 0.5) is 0 Å². The van der Waals surface area contributed by atoms with Gasteiger partial charge in [-0.3, -0.25) is 0 Å². The molecule has 3 N–H and O–H groups in total. The molecule has 1 aromatic rings. The van der Waals surface area contributed by atoms with Crippen LogP contribution in [0.15, 0.2) is 5.38 Å². The summed E-state index contributed by atoms with van der Waals surface area (Å²) in [4.78, 5) is 14.7. The van der Waals surface area contributed by atoms with Gasteiger partial charge in [0.1, 0.15) is 0 Å². The van der Waals surface area contributed by atoms with E-state index < -0.39 is 11.5 Å². The van der Waals surface area contributed by atoms with Gasteiger partial charge >= 0.3 is 5.97 Å². The van der Waals surface area contributed by atoms with Gasteiger partial charge in [-0.2, -0.15) is 0 Å². The van der Waals surface area contributed by atoms with E-state index in [1.807, 2.05) is 6.92 Å². The topological polar surface area (TPSA) is 76.2 Å². The molecule has 0 bridgehead atoms. The Balaban J connectivity index is 3.05. The van der Waals surface area contributed by atoms with Gasteiger partial charge in [-0.25, -0.2) is 9.78 Å². The van der Waals surface area contributed by atoms with Gasteiger partial charge in [-0.05, 0) is 13.8 Å². The van der Waals surface area contributed by atoms with Crippen molar-refractivity contribution < 1.29 is 9.90 Å². The van der Waals surface area contributed by atoms with Crippen molar-refractivity contribution in [3.63, 3.8) is 0 Å². The lowest BCUT2D eigenvalue weighted by Crippen LogP contribution is -2.42. The van der Waals surface area contributed by atoms with Gasteiger partial charge in [0, 0.05) is 5.38 Å². The average Bonchev–Trinajstić information content (AvgIpc) is 2.35. The van der Waals surface area contributed by atoms with Crippen LogP contribution in [-0.2, 0) is 10.3 Å². The average molecular weight is 186 g/mol. The highest BCUT2D eigenvalue weighted by Gasteiger charge is 2.32. The van der Waals surface area contributed by atoms with Gasteiger partial charge in [-0.15, -0.1) is 11.3 Å². The first kappa shape index (κ1) is 9.15. The molecule has 0 aliphatic carbocycles. The molecule has 0 amide bonds. The van der Waals surface area contributed by atoms with Gasteiger partial charge in [0.2, 0.25) is 0 Å². The number of aromatic nitrogens is 1. The Labute approximate surface area is 74.0 Å². The molecule has 0 aliphatic heterocycles. The van der Waals surface area contributed by atoms with Crippen LogP contribution >= 0.6 is 11.3 Å². The lowest BCUT2D eigenvalue weighted by atomic mass is 10.0. The Morgan fingerprint density at radius 1 is 1.83 bits per heavy atom. The number of rotatable bonds is 2. The zero-order valence-electron chi connectivity index (χ0n) is 6.87. The van der Waals surface area contributed by atoms with Gasteiger partial charge in [-0.1, -0.05) is 0 Å². The first-order chi connectivity index (χ1) is 5.44. The summed E-state index contributed by atoms with van der Waals surface area (Å²) in [5, 5.41) is 11.2. The van der Waals surface area contributed by atoms with Crippen LogP contribution in [0.1, 0.15) is 17.6 Å². The second-order valence-electron chi connectivity index (χ2n) is 2.76. The summed E-state index contributed by atoms with van der Waals surface area (Å²) >= 11 is 1.39. The first-order valence-electron chi connectivity index (χ1n) is 3.39. The molecule has 0 saturated carbocycles. The molecule has 66 valence electrons. The minimum Gasteiger partial charge on any atom is -0.480 e. The summed E-state index contributed by atoms with van der Waals surface area (Å²) in [7, 11) is 0. The highest BCUT2D eigenvalue weighted by molar-refractivity contribution is 7.09. The maximum Gasteiger partial charge on any atom is 0.329 e. The number of hydrogen-bond acceptors (Lipinski definition) is 4. The molecule has 1 rings (SSSR count). The zero-order valence-corrected chi connectivity index (χ0v) is 7.68. The van der Waals surface area contributed by atoms with E-state index in [-0.39, 0.29) is 0 Å². The molecule has 0 fully saturated rings. The molecule has 4 nitrogen and oxygen atoms in total.